The number of halogens is 8. The molecular formula is C45H42B2F8N4. The van der Waals surface area contributed by atoms with Crippen molar-refractivity contribution >= 4 is 43.5 Å². The molecule has 0 bridgehead atoms. The van der Waals surface area contributed by atoms with Crippen molar-refractivity contribution in [3.63, 3.8) is 0 Å². The lowest BCUT2D eigenvalue weighted by atomic mass is 10.0. The Hall–Kier alpha value is -6.43. The van der Waals surface area contributed by atoms with Gasteiger partial charge >= 0.3 is 15.1 Å². The van der Waals surface area contributed by atoms with Gasteiger partial charge in [0.1, 0.15) is 13.6 Å². The summed E-state index contributed by atoms with van der Waals surface area (Å²) in [5.74, 6) is 0. The van der Waals surface area contributed by atoms with E-state index in [0.29, 0.717) is 0 Å². The van der Waals surface area contributed by atoms with Crippen molar-refractivity contribution < 1.29 is 44.4 Å². The van der Waals surface area contributed by atoms with Crippen LogP contribution in [0.5, 0.6) is 0 Å². The van der Waals surface area contributed by atoms with E-state index in [2.05, 4.69) is 208 Å². The number of unbranched alkanes of at least 4 members (excludes halogenated alkanes) is 1. The summed E-state index contributed by atoms with van der Waals surface area (Å²) >= 11 is 0. The van der Waals surface area contributed by atoms with Crippen LogP contribution < -0.4 is 28.3 Å². The molecule has 0 aliphatic rings. The van der Waals surface area contributed by atoms with Gasteiger partial charge in [-0.2, -0.15) is 0 Å². The third-order valence-corrected chi connectivity index (χ3v) is 8.99. The van der Waals surface area contributed by atoms with Gasteiger partial charge in [0, 0.05) is 65.7 Å². The molecule has 0 atom stereocenters. The second-order valence-corrected chi connectivity index (χ2v) is 12.9. The molecule has 0 amide bonds. The Kier molecular flexibility index (Phi) is 19.4. The van der Waals surface area contributed by atoms with Gasteiger partial charge in [0.2, 0.25) is 0 Å². The monoisotopic (exact) mass is 812 g/mol. The van der Waals surface area contributed by atoms with Crippen LogP contribution in [0.25, 0.3) is 22.3 Å². The Balaban J connectivity index is 0.000000855. The smallest absolute Gasteiger partial charge is 0.762 e. The van der Waals surface area contributed by atoms with E-state index in [1.54, 1.807) is 0 Å². The van der Waals surface area contributed by atoms with Crippen LogP contribution in [0.15, 0.2) is 189 Å². The zero-order valence-electron chi connectivity index (χ0n) is 32.2. The first-order valence-corrected chi connectivity index (χ1v) is 18.4. The van der Waals surface area contributed by atoms with E-state index in [0.717, 1.165) is 43.0 Å². The van der Waals surface area contributed by atoms with E-state index in [1.807, 2.05) is 7.05 Å². The molecule has 0 aliphatic carbocycles. The van der Waals surface area contributed by atoms with Gasteiger partial charge in [-0.1, -0.05) is 78.9 Å². The summed E-state index contributed by atoms with van der Waals surface area (Å²) in [4.78, 5) is 4.73. The van der Waals surface area contributed by atoms with Crippen LogP contribution >= 0.6 is 0 Å². The zero-order chi connectivity index (χ0) is 40.4. The third kappa shape index (κ3) is 14.8. The first-order valence-electron chi connectivity index (χ1n) is 18.4. The fourth-order valence-electron chi connectivity index (χ4n) is 6.31. The van der Waals surface area contributed by atoms with Gasteiger partial charge in [-0.25, -0.2) is 9.13 Å². The molecule has 59 heavy (non-hydrogen) atoms. The number of aromatic nitrogens is 2. The summed E-state index contributed by atoms with van der Waals surface area (Å²) in [6.07, 6.45) is 10.8. The number of nitrogens with zero attached hydrogens (tertiary/aromatic N) is 4. The normalized spacial score (nSPS) is 9.95. The van der Waals surface area contributed by atoms with Crippen LogP contribution in [-0.4, -0.2) is 21.6 Å². The van der Waals surface area contributed by atoms with Crippen molar-refractivity contribution in [3.8, 4) is 22.3 Å². The number of hydrogen-bond acceptors (Lipinski definition) is 2. The largest absolute Gasteiger partial charge is 1.00 e. The standard InChI is InChI=1S/C45H42N4.2BF3.2FH/c1-46-33-27-39(28-34-46)40-29-35-47(36-30-40)31-11-12-32-48(41-13-5-2-6-14-41)42-23-19-37(20-24-42)38-21-25-45(26-22-38)49(43-15-7-3-8-16-43)44-17-9-4-10-18-44;2*2-1(3)4;;/h2-10,13-30,33-36H,11-12,31-32H2,1H3;;;2*1H/q+2;;;;/p-2. The van der Waals surface area contributed by atoms with E-state index in [9.17, 15) is 25.9 Å². The van der Waals surface area contributed by atoms with Crippen molar-refractivity contribution in [2.24, 2.45) is 7.05 Å². The Labute approximate surface area is 340 Å². The van der Waals surface area contributed by atoms with E-state index in [-0.39, 0.29) is 9.41 Å². The number of benzene rings is 5. The lowest BCUT2D eigenvalue weighted by Crippen LogP contribution is -3.00. The molecule has 2 aromatic heterocycles. The second-order valence-electron chi connectivity index (χ2n) is 12.9. The lowest BCUT2D eigenvalue weighted by Gasteiger charge is -2.26. The highest BCUT2D eigenvalue weighted by Gasteiger charge is 2.14. The van der Waals surface area contributed by atoms with Gasteiger partial charge in [-0.15, -0.1) is 0 Å². The minimum atomic E-state index is -3.67. The Morgan fingerprint density at radius 1 is 0.407 bits per heavy atom. The highest BCUT2D eigenvalue weighted by molar-refractivity contribution is 6.33. The third-order valence-electron chi connectivity index (χ3n) is 8.99. The van der Waals surface area contributed by atoms with Crippen LogP contribution in [0.4, 0.5) is 54.3 Å². The predicted molar refractivity (Wildman–Crippen MR) is 221 cm³/mol. The second kappa shape index (κ2) is 24.4. The maximum atomic E-state index is 9.67. The van der Waals surface area contributed by atoms with Crippen molar-refractivity contribution in [2.75, 3.05) is 16.3 Å². The van der Waals surface area contributed by atoms with Gasteiger partial charge in [-0.3, -0.25) is 25.9 Å². The number of anilines is 5. The highest BCUT2D eigenvalue weighted by atomic mass is 19.4. The lowest BCUT2D eigenvalue weighted by molar-refractivity contribution is -0.697. The van der Waals surface area contributed by atoms with E-state index in [1.165, 1.54) is 33.6 Å². The van der Waals surface area contributed by atoms with E-state index < -0.39 is 15.1 Å². The van der Waals surface area contributed by atoms with Crippen molar-refractivity contribution in [1.82, 2.24) is 0 Å². The molecule has 0 saturated carbocycles. The van der Waals surface area contributed by atoms with Gasteiger partial charge in [0.25, 0.3) is 0 Å². The summed E-state index contributed by atoms with van der Waals surface area (Å²) in [6, 6.07) is 58.4. The molecule has 0 aliphatic heterocycles. The van der Waals surface area contributed by atoms with Crippen molar-refractivity contribution in [2.45, 2.75) is 19.4 Å². The average molecular weight is 812 g/mol. The van der Waals surface area contributed by atoms with Crippen LogP contribution in [0, 0.1) is 0 Å². The molecule has 2 heterocycles. The molecular weight excluding hydrogens is 770 g/mol. The molecule has 0 spiro atoms. The molecule has 14 heteroatoms. The molecule has 7 aromatic rings. The minimum Gasteiger partial charge on any atom is -1.00 e. The number of rotatable bonds is 12. The van der Waals surface area contributed by atoms with Gasteiger partial charge in [0.05, 0.1) is 0 Å². The molecule has 0 fully saturated rings. The average Bonchev–Trinajstić information content (AvgIpc) is 3.23. The van der Waals surface area contributed by atoms with Crippen LogP contribution in [-0.2, 0) is 13.6 Å². The maximum Gasteiger partial charge on any atom is 0.762 e. The first kappa shape index (κ1) is 46.9. The van der Waals surface area contributed by atoms with Gasteiger partial charge in [-0.05, 0) is 89.3 Å². The molecule has 4 nitrogen and oxygen atoms in total. The maximum absolute atomic E-state index is 9.67. The number of pyridine rings is 2. The molecule has 0 unspecified atom stereocenters. The quantitative estimate of drug-likeness (QED) is 0.0653. The minimum absolute atomic E-state index is 0. The highest BCUT2D eigenvalue weighted by Crippen LogP contribution is 2.36. The number of hydrogen-bond donors (Lipinski definition) is 0. The molecule has 5 aromatic carbocycles. The van der Waals surface area contributed by atoms with E-state index >= 15 is 0 Å². The molecule has 0 saturated heterocycles. The SMILES string of the molecule is C[n+]1ccc(-c2cc[n+](CCCCN(c3ccccc3)c3ccc(-c4ccc(N(c5ccccc5)c5ccccc5)cc4)cc3)cc2)cc1.FB(F)F.FB(F)F.[F-].[F-]. The summed E-state index contributed by atoms with van der Waals surface area (Å²) in [5.41, 5.74) is 10.7. The predicted octanol–water partition coefficient (Wildman–Crippen LogP) is 5.99. The molecule has 304 valence electrons. The summed E-state index contributed by atoms with van der Waals surface area (Å²) in [5, 5.41) is 0. The van der Waals surface area contributed by atoms with Gasteiger partial charge in [0.15, 0.2) is 24.8 Å². The Morgan fingerprint density at radius 3 is 1.15 bits per heavy atom. The molecule has 7 rings (SSSR count). The fraction of sp³-hybridized carbons (Fsp3) is 0.111. The van der Waals surface area contributed by atoms with Crippen molar-refractivity contribution in [3.05, 3.63) is 189 Å². The summed E-state index contributed by atoms with van der Waals surface area (Å²) in [7, 11) is -5.29. The summed E-state index contributed by atoms with van der Waals surface area (Å²) < 4.78 is 62.4. The van der Waals surface area contributed by atoms with Crippen molar-refractivity contribution in [1.29, 1.82) is 0 Å². The summed E-state index contributed by atoms with van der Waals surface area (Å²) in [6.45, 7) is 1.94. The zero-order valence-corrected chi connectivity index (χ0v) is 32.2. The Morgan fingerprint density at radius 2 is 0.729 bits per heavy atom. The van der Waals surface area contributed by atoms with Crippen LogP contribution in [0.3, 0.4) is 0 Å². The van der Waals surface area contributed by atoms with Crippen LogP contribution in [0.2, 0.25) is 0 Å². The number of para-hydroxylation sites is 3. The first-order chi connectivity index (χ1) is 27.7. The van der Waals surface area contributed by atoms with E-state index in [4.69, 9.17) is 0 Å². The topological polar surface area (TPSA) is 14.2 Å². The number of aryl methyl sites for hydroxylation is 2. The van der Waals surface area contributed by atoms with Crippen LogP contribution in [0.1, 0.15) is 12.8 Å². The fourth-order valence-corrected chi connectivity index (χ4v) is 6.31. The molecule has 0 N–H and O–H groups in total. The Bertz CT molecular complexity index is 2120. The van der Waals surface area contributed by atoms with Gasteiger partial charge < -0.3 is 19.2 Å². The molecule has 0 radical (unpaired) electrons.